The summed E-state index contributed by atoms with van der Waals surface area (Å²) in [5, 5.41) is 9.21. The topological polar surface area (TPSA) is 119 Å². The summed E-state index contributed by atoms with van der Waals surface area (Å²) in [5.41, 5.74) is 0.430. The number of esters is 1. The monoisotopic (exact) mass is 420 g/mol. The molecular weight excluding hydrogens is 400 g/mol. The Bertz CT molecular complexity index is 1160. The Morgan fingerprint density at radius 1 is 0.935 bits per heavy atom. The van der Waals surface area contributed by atoms with Crippen LogP contribution in [0.5, 0.6) is 0 Å². The van der Waals surface area contributed by atoms with Crippen LogP contribution in [-0.2, 0) is 16.1 Å². The van der Waals surface area contributed by atoms with Crippen LogP contribution in [-0.4, -0.2) is 34.2 Å². The molecule has 0 saturated carbocycles. The number of para-hydroxylation sites is 2. The van der Waals surface area contributed by atoms with E-state index >= 15 is 0 Å². The van der Waals surface area contributed by atoms with Crippen LogP contribution in [0.1, 0.15) is 27.8 Å². The smallest absolute Gasteiger partial charge is 0.340 e. The van der Waals surface area contributed by atoms with Gasteiger partial charge in [-0.15, -0.1) is 0 Å². The van der Waals surface area contributed by atoms with Gasteiger partial charge in [-0.1, -0.05) is 30.3 Å². The van der Waals surface area contributed by atoms with Crippen molar-refractivity contribution in [2.75, 3.05) is 17.2 Å². The number of amides is 2. The van der Waals surface area contributed by atoms with E-state index in [0.29, 0.717) is 5.69 Å². The summed E-state index contributed by atoms with van der Waals surface area (Å²) < 4.78 is 5.85. The quantitative estimate of drug-likeness (QED) is 0.566. The van der Waals surface area contributed by atoms with Crippen LogP contribution in [0.3, 0.4) is 0 Å². The molecule has 3 rings (SSSR count). The predicted octanol–water partition coefficient (Wildman–Crippen LogP) is 2.31. The number of ether oxygens (including phenoxy) is 1. The number of aromatic nitrogens is 2. The molecule has 0 aliphatic carbocycles. The van der Waals surface area contributed by atoms with Gasteiger partial charge in [-0.25, -0.2) is 9.48 Å². The molecule has 0 bridgehead atoms. The predicted molar refractivity (Wildman–Crippen MR) is 114 cm³/mol. The average Bonchev–Trinajstić information content (AvgIpc) is 2.76. The van der Waals surface area contributed by atoms with Crippen molar-refractivity contribution in [3.05, 3.63) is 88.3 Å². The van der Waals surface area contributed by atoms with E-state index in [0.717, 1.165) is 10.7 Å². The third-order valence-corrected chi connectivity index (χ3v) is 4.12. The second-order valence-corrected chi connectivity index (χ2v) is 6.35. The maximum Gasteiger partial charge on any atom is 0.340 e. The van der Waals surface area contributed by atoms with Gasteiger partial charge in [0.05, 0.1) is 17.9 Å². The highest BCUT2D eigenvalue weighted by Gasteiger charge is 2.16. The van der Waals surface area contributed by atoms with Gasteiger partial charge in [0.1, 0.15) is 12.2 Å². The summed E-state index contributed by atoms with van der Waals surface area (Å²) >= 11 is 0. The Balaban J connectivity index is 1.74. The van der Waals surface area contributed by atoms with E-state index in [1.807, 2.05) is 6.07 Å². The van der Waals surface area contributed by atoms with Crippen LogP contribution >= 0.6 is 0 Å². The Hall–Kier alpha value is -4.27. The van der Waals surface area contributed by atoms with E-state index in [1.165, 1.54) is 12.1 Å². The van der Waals surface area contributed by atoms with E-state index in [4.69, 9.17) is 4.74 Å². The number of nitrogens with zero attached hydrogens (tertiary/aromatic N) is 2. The van der Waals surface area contributed by atoms with E-state index < -0.39 is 29.9 Å². The van der Waals surface area contributed by atoms with Crippen molar-refractivity contribution in [3.63, 3.8) is 0 Å². The Morgan fingerprint density at radius 3 is 2.39 bits per heavy atom. The highest BCUT2D eigenvalue weighted by molar-refractivity contribution is 6.03. The first-order chi connectivity index (χ1) is 15.0. The molecule has 2 amide bonds. The molecule has 0 aliphatic heterocycles. The van der Waals surface area contributed by atoms with Crippen LogP contribution in [0.4, 0.5) is 11.4 Å². The van der Waals surface area contributed by atoms with Gasteiger partial charge in [0, 0.05) is 11.8 Å². The van der Waals surface area contributed by atoms with E-state index in [1.54, 1.807) is 49.4 Å². The molecule has 0 atom stereocenters. The second kappa shape index (κ2) is 9.97. The minimum absolute atomic E-state index is 0.0248. The molecule has 0 fully saturated rings. The standard InChI is InChI=1S/C22H20N4O5/c1-2-31-22(30)16-10-6-7-11-17(16)24-19(27)14-26-20(28)13-12-18(25-26)21(29)23-15-8-4-3-5-9-15/h3-13H,2,14H2,1H3,(H,23,29)(H,24,27). The fourth-order valence-corrected chi connectivity index (χ4v) is 2.70. The molecule has 0 aliphatic rings. The lowest BCUT2D eigenvalue weighted by Gasteiger charge is -2.11. The number of hydrogen-bond donors (Lipinski definition) is 2. The number of carbonyl (C=O) groups excluding carboxylic acids is 3. The molecule has 9 nitrogen and oxygen atoms in total. The van der Waals surface area contributed by atoms with Gasteiger partial charge in [0.15, 0.2) is 0 Å². The van der Waals surface area contributed by atoms with Crippen molar-refractivity contribution >= 4 is 29.2 Å². The maximum absolute atomic E-state index is 12.5. The van der Waals surface area contributed by atoms with Gasteiger partial charge in [-0.05, 0) is 37.3 Å². The van der Waals surface area contributed by atoms with Crippen LogP contribution in [0, 0.1) is 0 Å². The second-order valence-electron chi connectivity index (χ2n) is 6.35. The molecule has 1 aromatic heterocycles. The van der Waals surface area contributed by atoms with Crippen LogP contribution in [0.25, 0.3) is 0 Å². The van der Waals surface area contributed by atoms with Crippen molar-refractivity contribution in [3.8, 4) is 0 Å². The molecule has 9 heteroatoms. The molecule has 31 heavy (non-hydrogen) atoms. The van der Waals surface area contributed by atoms with Crippen molar-refractivity contribution in [2.24, 2.45) is 0 Å². The summed E-state index contributed by atoms with van der Waals surface area (Å²) in [6, 6.07) is 17.6. The Kier molecular flexibility index (Phi) is 6.89. The van der Waals surface area contributed by atoms with E-state index in [2.05, 4.69) is 15.7 Å². The SMILES string of the molecule is CCOC(=O)c1ccccc1NC(=O)Cn1nc(C(=O)Nc2ccccc2)ccc1=O. The first-order valence-corrected chi connectivity index (χ1v) is 9.48. The van der Waals surface area contributed by atoms with Crippen molar-refractivity contribution in [1.29, 1.82) is 0 Å². The number of carbonyl (C=O) groups is 3. The third-order valence-electron chi connectivity index (χ3n) is 4.12. The lowest BCUT2D eigenvalue weighted by molar-refractivity contribution is -0.117. The summed E-state index contributed by atoms with van der Waals surface area (Å²) in [6.07, 6.45) is 0. The number of benzene rings is 2. The summed E-state index contributed by atoms with van der Waals surface area (Å²) in [5.74, 6) is -1.69. The minimum atomic E-state index is -0.591. The number of nitrogens with one attached hydrogen (secondary N) is 2. The molecule has 158 valence electrons. The molecule has 0 radical (unpaired) electrons. The zero-order valence-corrected chi connectivity index (χ0v) is 16.7. The van der Waals surface area contributed by atoms with Gasteiger partial charge >= 0.3 is 5.97 Å². The van der Waals surface area contributed by atoms with E-state index in [-0.39, 0.29) is 23.6 Å². The summed E-state index contributed by atoms with van der Waals surface area (Å²) in [6.45, 7) is 1.43. The molecule has 0 saturated heterocycles. The zero-order chi connectivity index (χ0) is 22.2. The molecule has 0 unspecified atom stereocenters. The highest BCUT2D eigenvalue weighted by atomic mass is 16.5. The fraction of sp³-hybridized carbons (Fsp3) is 0.136. The minimum Gasteiger partial charge on any atom is -0.462 e. The Morgan fingerprint density at radius 2 is 1.65 bits per heavy atom. The normalized spacial score (nSPS) is 10.2. The first-order valence-electron chi connectivity index (χ1n) is 9.48. The third kappa shape index (κ3) is 5.63. The molecule has 3 aromatic rings. The number of anilines is 2. The molecule has 0 spiro atoms. The highest BCUT2D eigenvalue weighted by Crippen LogP contribution is 2.16. The Labute approximate surface area is 177 Å². The van der Waals surface area contributed by atoms with Crippen LogP contribution < -0.4 is 16.2 Å². The maximum atomic E-state index is 12.5. The summed E-state index contributed by atoms with van der Waals surface area (Å²) in [7, 11) is 0. The molecule has 2 N–H and O–H groups in total. The zero-order valence-electron chi connectivity index (χ0n) is 16.7. The van der Waals surface area contributed by atoms with Gasteiger partial charge in [-0.2, -0.15) is 5.10 Å². The fourth-order valence-electron chi connectivity index (χ4n) is 2.70. The number of hydrogen-bond acceptors (Lipinski definition) is 6. The molecular formula is C22H20N4O5. The van der Waals surface area contributed by atoms with Gasteiger partial charge in [0.25, 0.3) is 11.5 Å². The largest absolute Gasteiger partial charge is 0.462 e. The van der Waals surface area contributed by atoms with Crippen LogP contribution in [0.15, 0.2) is 71.5 Å². The van der Waals surface area contributed by atoms with Crippen molar-refractivity contribution in [1.82, 2.24) is 9.78 Å². The molecule has 1 heterocycles. The lowest BCUT2D eigenvalue weighted by Crippen LogP contribution is -2.31. The van der Waals surface area contributed by atoms with Gasteiger partial charge in [0.2, 0.25) is 5.91 Å². The van der Waals surface area contributed by atoms with Gasteiger partial charge < -0.3 is 15.4 Å². The van der Waals surface area contributed by atoms with Gasteiger partial charge in [-0.3, -0.25) is 14.4 Å². The average molecular weight is 420 g/mol. The lowest BCUT2D eigenvalue weighted by atomic mass is 10.2. The first kappa shape index (κ1) is 21.4. The van der Waals surface area contributed by atoms with Crippen LogP contribution in [0.2, 0.25) is 0 Å². The van der Waals surface area contributed by atoms with Crippen molar-refractivity contribution < 1.29 is 19.1 Å². The molecule has 2 aromatic carbocycles. The van der Waals surface area contributed by atoms with E-state index in [9.17, 15) is 19.2 Å². The van der Waals surface area contributed by atoms with Crippen molar-refractivity contribution in [2.45, 2.75) is 13.5 Å². The number of rotatable bonds is 7. The summed E-state index contributed by atoms with van der Waals surface area (Å²) in [4.78, 5) is 49.0.